The average molecular weight is 319 g/mol. The molecule has 0 radical (unpaired) electrons. The standard InChI is InChI=1S/C16H18FN3OS/c17-14-5-1-2-6-15(14)18-16(21)20-9-7-19(8-10-20)12-13-4-3-11-22-13/h1-6,11H,7-10,12H2,(H,18,21). The molecule has 0 unspecified atom stereocenters. The van der Waals surface area contributed by atoms with Gasteiger partial charge in [0.2, 0.25) is 0 Å². The molecule has 22 heavy (non-hydrogen) atoms. The van der Waals surface area contributed by atoms with Crippen LogP contribution >= 0.6 is 11.3 Å². The molecule has 2 heterocycles. The van der Waals surface area contributed by atoms with E-state index in [4.69, 9.17) is 0 Å². The number of anilines is 1. The molecule has 1 aliphatic heterocycles. The van der Waals surface area contributed by atoms with Crippen molar-refractivity contribution in [3.63, 3.8) is 0 Å². The van der Waals surface area contributed by atoms with Gasteiger partial charge in [-0.1, -0.05) is 18.2 Å². The Morgan fingerprint density at radius 1 is 1.14 bits per heavy atom. The Kier molecular flexibility index (Phi) is 4.70. The predicted molar refractivity (Wildman–Crippen MR) is 86.6 cm³/mol. The number of thiophene rings is 1. The molecule has 1 saturated heterocycles. The highest BCUT2D eigenvalue weighted by molar-refractivity contribution is 7.09. The summed E-state index contributed by atoms with van der Waals surface area (Å²) in [7, 11) is 0. The van der Waals surface area contributed by atoms with Gasteiger partial charge in [-0.05, 0) is 23.6 Å². The third kappa shape index (κ3) is 3.64. The van der Waals surface area contributed by atoms with Crippen LogP contribution in [0.4, 0.5) is 14.9 Å². The van der Waals surface area contributed by atoms with Crippen LogP contribution in [-0.2, 0) is 6.54 Å². The number of halogens is 1. The Balaban J connectivity index is 1.50. The quantitative estimate of drug-likeness (QED) is 0.943. The number of rotatable bonds is 3. The number of benzene rings is 1. The number of para-hydroxylation sites is 1. The minimum Gasteiger partial charge on any atom is -0.322 e. The van der Waals surface area contributed by atoms with Crippen molar-refractivity contribution >= 4 is 23.1 Å². The summed E-state index contributed by atoms with van der Waals surface area (Å²) in [6, 6.07) is 10.2. The van der Waals surface area contributed by atoms with Crippen molar-refractivity contribution in [2.45, 2.75) is 6.54 Å². The van der Waals surface area contributed by atoms with Crippen molar-refractivity contribution in [2.75, 3.05) is 31.5 Å². The van der Waals surface area contributed by atoms with Crippen LogP contribution in [0.1, 0.15) is 4.88 Å². The molecule has 116 valence electrons. The Bertz CT molecular complexity index is 624. The lowest BCUT2D eigenvalue weighted by Crippen LogP contribution is -2.49. The summed E-state index contributed by atoms with van der Waals surface area (Å²) in [4.78, 5) is 17.6. The van der Waals surface area contributed by atoms with Gasteiger partial charge < -0.3 is 10.2 Å². The van der Waals surface area contributed by atoms with Gasteiger partial charge in [0, 0.05) is 37.6 Å². The normalized spacial score (nSPS) is 15.8. The first-order chi connectivity index (χ1) is 10.7. The SMILES string of the molecule is O=C(Nc1ccccc1F)N1CCN(Cc2cccs2)CC1. The molecule has 0 bridgehead atoms. The fraction of sp³-hybridized carbons (Fsp3) is 0.312. The van der Waals surface area contributed by atoms with Gasteiger partial charge in [-0.3, -0.25) is 4.90 Å². The van der Waals surface area contributed by atoms with Crippen LogP contribution in [0, 0.1) is 5.82 Å². The van der Waals surface area contributed by atoms with Gasteiger partial charge in [0.1, 0.15) is 5.82 Å². The zero-order valence-corrected chi connectivity index (χ0v) is 13.0. The van der Waals surface area contributed by atoms with E-state index in [1.54, 1.807) is 34.4 Å². The topological polar surface area (TPSA) is 35.6 Å². The van der Waals surface area contributed by atoms with Crippen LogP contribution in [0.2, 0.25) is 0 Å². The third-order valence-corrected chi connectivity index (χ3v) is 4.60. The fourth-order valence-corrected chi connectivity index (χ4v) is 3.24. The lowest BCUT2D eigenvalue weighted by Gasteiger charge is -2.34. The summed E-state index contributed by atoms with van der Waals surface area (Å²) in [5.41, 5.74) is 0.230. The maximum Gasteiger partial charge on any atom is 0.322 e. The molecule has 0 saturated carbocycles. The lowest BCUT2D eigenvalue weighted by molar-refractivity contribution is 0.143. The molecule has 1 aliphatic rings. The second-order valence-corrected chi connectivity index (χ2v) is 6.28. The number of urea groups is 1. The number of hydrogen-bond acceptors (Lipinski definition) is 3. The summed E-state index contributed by atoms with van der Waals surface area (Å²) in [5, 5.41) is 4.71. The summed E-state index contributed by atoms with van der Waals surface area (Å²) in [6.07, 6.45) is 0. The molecule has 0 spiro atoms. The van der Waals surface area contributed by atoms with E-state index in [1.807, 2.05) is 0 Å². The Morgan fingerprint density at radius 2 is 1.91 bits per heavy atom. The van der Waals surface area contributed by atoms with Crippen molar-refractivity contribution in [2.24, 2.45) is 0 Å². The van der Waals surface area contributed by atoms with Gasteiger partial charge >= 0.3 is 6.03 Å². The zero-order chi connectivity index (χ0) is 15.4. The number of hydrogen-bond donors (Lipinski definition) is 1. The van der Waals surface area contributed by atoms with E-state index < -0.39 is 5.82 Å². The molecule has 2 amide bonds. The van der Waals surface area contributed by atoms with Gasteiger partial charge in [0.05, 0.1) is 5.69 Å². The van der Waals surface area contributed by atoms with E-state index in [0.29, 0.717) is 13.1 Å². The summed E-state index contributed by atoms with van der Waals surface area (Å²) in [5.74, 6) is -0.410. The molecule has 1 aromatic heterocycles. The van der Waals surface area contributed by atoms with Crippen molar-refractivity contribution in [1.82, 2.24) is 9.80 Å². The number of nitrogens with one attached hydrogen (secondary N) is 1. The van der Waals surface area contributed by atoms with Crippen LogP contribution in [0.5, 0.6) is 0 Å². The molecule has 1 fully saturated rings. The predicted octanol–water partition coefficient (Wildman–Crippen LogP) is 3.24. The summed E-state index contributed by atoms with van der Waals surface area (Å²) >= 11 is 1.75. The van der Waals surface area contributed by atoms with Gasteiger partial charge in [0.25, 0.3) is 0 Å². The van der Waals surface area contributed by atoms with E-state index >= 15 is 0 Å². The number of nitrogens with zero attached hydrogens (tertiary/aromatic N) is 2. The van der Waals surface area contributed by atoms with Crippen LogP contribution in [0.25, 0.3) is 0 Å². The highest BCUT2D eigenvalue weighted by Crippen LogP contribution is 2.16. The molecule has 6 heteroatoms. The number of carbonyl (C=O) groups is 1. The first kappa shape index (κ1) is 15.0. The van der Waals surface area contributed by atoms with Crippen LogP contribution in [0.15, 0.2) is 41.8 Å². The van der Waals surface area contributed by atoms with Crippen LogP contribution in [0.3, 0.4) is 0 Å². The minimum absolute atomic E-state index is 0.230. The van der Waals surface area contributed by atoms with Gasteiger partial charge in [-0.25, -0.2) is 9.18 Å². The summed E-state index contributed by atoms with van der Waals surface area (Å²) < 4.78 is 13.6. The van der Waals surface area contributed by atoms with E-state index in [1.165, 1.54) is 10.9 Å². The van der Waals surface area contributed by atoms with E-state index in [2.05, 4.69) is 27.7 Å². The van der Waals surface area contributed by atoms with Crippen molar-refractivity contribution in [1.29, 1.82) is 0 Å². The molecule has 1 aromatic carbocycles. The molecule has 3 rings (SSSR count). The molecule has 4 nitrogen and oxygen atoms in total. The molecular weight excluding hydrogens is 301 g/mol. The molecule has 1 N–H and O–H groups in total. The molecule has 0 aliphatic carbocycles. The number of amides is 2. The van der Waals surface area contributed by atoms with E-state index in [9.17, 15) is 9.18 Å². The maximum absolute atomic E-state index is 13.6. The minimum atomic E-state index is -0.410. The number of piperazine rings is 1. The summed E-state index contributed by atoms with van der Waals surface area (Å²) in [6.45, 7) is 3.92. The smallest absolute Gasteiger partial charge is 0.322 e. The van der Waals surface area contributed by atoms with Crippen molar-refractivity contribution in [3.05, 3.63) is 52.5 Å². The van der Waals surface area contributed by atoms with E-state index in [0.717, 1.165) is 19.6 Å². The molecular formula is C16H18FN3OS. The highest BCUT2D eigenvalue weighted by atomic mass is 32.1. The first-order valence-corrected chi connectivity index (χ1v) is 8.15. The van der Waals surface area contributed by atoms with E-state index in [-0.39, 0.29) is 11.7 Å². The largest absolute Gasteiger partial charge is 0.322 e. The van der Waals surface area contributed by atoms with Gasteiger partial charge in [-0.2, -0.15) is 0 Å². The van der Waals surface area contributed by atoms with Crippen molar-refractivity contribution in [3.8, 4) is 0 Å². The molecule has 0 atom stereocenters. The highest BCUT2D eigenvalue weighted by Gasteiger charge is 2.21. The first-order valence-electron chi connectivity index (χ1n) is 7.27. The second kappa shape index (κ2) is 6.89. The monoisotopic (exact) mass is 319 g/mol. The lowest BCUT2D eigenvalue weighted by atomic mass is 10.3. The zero-order valence-electron chi connectivity index (χ0n) is 12.2. The van der Waals surface area contributed by atoms with Crippen LogP contribution < -0.4 is 5.32 Å². The molecule has 2 aromatic rings. The Labute approximate surface area is 133 Å². The van der Waals surface area contributed by atoms with Gasteiger partial charge in [-0.15, -0.1) is 11.3 Å². The van der Waals surface area contributed by atoms with Crippen molar-refractivity contribution < 1.29 is 9.18 Å². The van der Waals surface area contributed by atoms with Gasteiger partial charge in [0.15, 0.2) is 0 Å². The van der Waals surface area contributed by atoms with Crippen LogP contribution in [-0.4, -0.2) is 42.0 Å². The number of carbonyl (C=O) groups excluding carboxylic acids is 1. The third-order valence-electron chi connectivity index (χ3n) is 3.73. The average Bonchev–Trinajstić information content (AvgIpc) is 3.03. The second-order valence-electron chi connectivity index (χ2n) is 5.25. The Morgan fingerprint density at radius 3 is 2.59 bits per heavy atom. The fourth-order valence-electron chi connectivity index (χ4n) is 2.49. The Hall–Kier alpha value is -1.92. The maximum atomic E-state index is 13.6.